The van der Waals surface area contributed by atoms with Crippen molar-refractivity contribution in [3.8, 4) is 10.6 Å². The molecule has 0 aliphatic heterocycles. The SMILES string of the molecule is CC(CN)CNCc1cc[nH]c1C(N=CN)=Nc1cccc(-c2nnc(C(C)C)s2)c1. The second kappa shape index (κ2) is 10.9. The Hall–Kier alpha value is -2.88. The summed E-state index contributed by atoms with van der Waals surface area (Å²) in [5.74, 6) is 1.29. The third-order valence-electron chi connectivity index (χ3n) is 4.73. The van der Waals surface area contributed by atoms with Crippen LogP contribution in [0.25, 0.3) is 10.6 Å². The first-order chi connectivity index (χ1) is 15.0. The van der Waals surface area contributed by atoms with Crippen LogP contribution in [-0.2, 0) is 6.54 Å². The molecule has 0 spiro atoms. The molecule has 0 bridgehead atoms. The van der Waals surface area contributed by atoms with Gasteiger partial charge in [-0.2, -0.15) is 0 Å². The molecule has 3 rings (SSSR count). The molecule has 2 heterocycles. The molecule has 1 unspecified atom stereocenters. The standard InChI is InChI=1S/C22H30N8S/c1-14(2)21-29-30-22(31-21)16-5-4-6-18(9-16)28-20(27-13-24)19-17(7-8-26-19)12-25-11-15(3)10-23/h4-9,13-15,25-26H,10-12,23H2,1-3H3,(H2,24,27,28). The summed E-state index contributed by atoms with van der Waals surface area (Å²) in [6.07, 6.45) is 3.14. The third kappa shape index (κ3) is 6.06. The number of rotatable bonds is 9. The van der Waals surface area contributed by atoms with Gasteiger partial charge in [0.25, 0.3) is 0 Å². The largest absolute Gasteiger partial charge is 0.390 e. The van der Waals surface area contributed by atoms with Crippen molar-refractivity contribution in [1.82, 2.24) is 20.5 Å². The number of nitrogens with two attached hydrogens (primary N) is 2. The van der Waals surface area contributed by atoms with Crippen molar-refractivity contribution in [3.63, 3.8) is 0 Å². The molecule has 31 heavy (non-hydrogen) atoms. The van der Waals surface area contributed by atoms with Gasteiger partial charge in [-0.05, 0) is 42.8 Å². The average molecular weight is 439 g/mol. The Morgan fingerprint density at radius 3 is 2.81 bits per heavy atom. The van der Waals surface area contributed by atoms with E-state index in [-0.39, 0.29) is 0 Å². The van der Waals surface area contributed by atoms with Crippen molar-refractivity contribution in [2.45, 2.75) is 33.2 Å². The fourth-order valence-corrected chi connectivity index (χ4v) is 3.77. The maximum Gasteiger partial charge on any atom is 0.178 e. The van der Waals surface area contributed by atoms with E-state index in [1.807, 2.05) is 36.5 Å². The summed E-state index contributed by atoms with van der Waals surface area (Å²) < 4.78 is 0. The van der Waals surface area contributed by atoms with Gasteiger partial charge in [0.2, 0.25) is 0 Å². The Morgan fingerprint density at radius 2 is 2.10 bits per heavy atom. The minimum absolute atomic E-state index is 0.352. The Kier molecular flexibility index (Phi) is 8.05. The molecular formula is C22H30N8S. The first-order valence-corrected chi connectivity index (χ1v) is 11.2. The van der Waals surface area contributed by atoms with Gasteiger partial charge in [0, 0.05) is 24.2 Å². The predicted molar refractivity (Wildman–Crippen MR) is 129 cm³/mol. The number of hydrogen-bond acceptors (Lipinski definition) is 6. The van der Waals surface area contributed by atoms with Gasteiger partial charge in [0.05, 0.1) is 17.7 Å². The summed E-state index contributed by atoms with van der Waals surface area (Å²) in [5, 5.41) is 13.9. The van der Waals surface area contributed by atoms with Crippen LogP contribution in [0, 0.1) is 5.92 Å². The van der Waals surface area contributed by atoms with Crippen LogP contribution in [-0.4, -0.2) is 40.4 Å². The fourth-order valence-electron chi connectivity index (χ4n) is 2.93. The fraction of sp³-hybridized carbons (Fsp3) is 0.364. The normalized spacial score (nSPS) is 13.4. The van der Waals surface area contributed by atoms with Gasteiger partial charge in [0.15, 0.2) is 5.84 Å². The van der Waals surface area contributed by atoms with Gasteiger partial charge in [0.1, 0.15) is 10.0 Å². The van der Waals surface area contributed by atoms with Gasteiger partial charge in [-0.3, -0.25) is 0 Å². The van der Waals surface area contributed by atoms with Crippen molar-refractivity contribution in [1.29, 1.82) is 0 Å². The Labute approximate surface area is 186 Å². The quantitative estimate of drug-likeness (QED) is 0.300. The molecule has 0 radical (unpaired) electrons. The average Bonchev–Trinajstić information content (AvgIpc) is 3.43. The number of nitrogens with one attached hydrogen (secondary N) is 2. The maximum absolute atomic E-state index is 5.70. The predicted octanol–water partition coefficient (Wildman–Crippen LogP) is 3.41. The van der Waals surface area contributed by atoms with Crippen LogP contribution in [0.3, 0.4) is 0 Å². The molecule has 0 amide bonds. The van der Waals surface area contributed by atoms with Gasteiger partial charge in [-0.1, -0.05) is 44.2 Å². The molecule has 1 aromatic carbocycles. The molecule has 0 aliphatic rings. The number of H-pyrrole nitrogens is 1. The Balaban J connectivity index is 1.86. The Bertz CT molecular complexity index is 1030. The molecule has 0 saturated carbocycles. The highest BCUT2D eigenvalue weighted by molar-refractivity contribution is 7.14. The lowest BCUT2D eigenvalue weighted by molar-refractivity contribution is 0.522. The second-order valence-corrected chi connectivity index (χ2v) is 8.72. The van der Waals surface area contributed by atoms with Crippen LogP contribution < -0.4 is 16.8 Å². The molecular weight excluding hydrogens is 408 g/mol. The Morgan fingerprint density at radius 1 is 1.26 bits per heavy atom. The zero-order valence-electron chi connectivity index (χ0n) is 18.2. The van der Waals surface area contributed by atoms with Crippen molar-refractivity contribution in [2.24, 2.45) is 27.4 Å². The van der Waals surface area contributed by atoms with Crippen LogP contribution >= 0.6 is 11.3 Å². The number of aromatic amines is 1. The van der Waals surface area contributed by atoms with Crippen LogP contribution in [0.2, 0.25) is 0 Å². The van der Waals surface area contributed by atoms with E-state index in [2.05, 4.69) is 46.3 Å². The van der Waals surface area contributed by atoms with Gasteiger partial charge in [-0.15, -0.1) is 10.2 Å². The smallest absolute Gasteiger partial charge is 0.178 e. The van der Waals surface area contributed by atoms with Crippen LogP contribution in [0.5, 0.6) is 0 Å². The molecule has 164 valence electrons. The highest BCUT2D eigenvalue weighted by Crippen LogP contribution is 2.30. The van der Waals surface area contributed by atoms with E-state index in [1.165, 1.54) is 6.34 Å². The molecule has 3 aromatic rings. The first kappa shape index (κ1) is 22.8. The topological polar surface area (TPSA) is 130 Å². The molecule has 6 N–H and O–H groups in total. The number of aliphatic imine (C=N–C) groups is 2. The lowest BCUT2D eigenvalue weighted by Gasteiger charge is -2.10. The highest BCUT2D eigenvalue weighted by Gasteiger charge is 2.13. The number of amidine groups is 1. The van der Waals surface area contributed by atoms with E-state index in [4.69, 9.17) is 16.5 Å². The maximum atomic E-state index is 5.70. The molecule has 0 saturated heterocycles. The van der Waals surface area contributed by atoms with Gasteiger partial charge in [-0.25, -0.2) is 9.98 Å². The summed E-state index contributed by atoms with van der Waals surface area (Å²) >= 11 is 1.60. The van der Waals surface area contributed by atoms with Crippen LogP contribution in [0.15, 0.2) is 46.5 Å². The van der Waals surface area contributed by atoms with Crippen molar-refractivity contribution in [2.75, 3.05) is 13.1 Å². The second-order valence-electron chi connectivity index (χ2n) is 7.71. The highest BCUT2D eigenvalue weighted by atomic mass is 32.1. The number of hydrogen-bond donors (Lipinski definition) is 4. The van der Waals surface area contributed by atoms with Crippen molar-refractivity contribution >= 4 is 29.2 Å². The minimum atomic E-state index is 0.352. The zero-order valence-corrected chi connectivity index (χ0v) is 19.0. The molecule has 8 nitrogen and oxygen atoms in total. The molecule has 1 atom stereocenters. The summed E-state index contributed by atoms with van der Waals surface area (Å²) in [7, 11) is 0. The van der Waals surface area contributed by atoms with E-state index in [0.717, 1.165) is 39.1 Å². The van der Waals surface area contributed by atoms with Crippen molar-refractivity contribution < 1.29 is 0 Å². The van der Waals surface area contributed by atoms with Crippen LogP contribution in [0.1, 0.15) is 43.0 Å². The number of nitrogens with zero attached hydrogens (tertiary/aromatic N) is 4. The van der Waals surface area contributed by atoms with E-state index >= 15 is 0 Å². The molecule has 0 aliphatic carbocycles. The van der Waals surface area contributed by atoms with Crippen molar-refractivity contribution in [3.05, 3.63) is 52.8 Å². The number of aromatic nitrogens is 3. The minimum Gasteiger partial charge on any atom is -0.390 e. The number of benzene rings is 1. The zero-order chi connectivity index (χ0) is 22.2. The molecule has 0 fully saturated rings. The van der Waals surface area contributed by atoms with E-state index in [9.17, 15) is 0 Å². The molecule has 9 heteroatoms. The van der Waals surface area contributed by atoms with Crippen LogP contribution in [0.4, 0.5) is 5.69 Å². The van der Waals surface area contributed by atoms with Gasteiger partial charge >= 0.3 is 0 Å². The first-order valence-electron chi connectivity index (χ1n) is 10.4. The lowest BCUT2D eigenvalue weighted by atomic mass is 10.1. The van der Waals surface area contributed by atoms with E-state index in [0.29, 0.717) is 30.8 Å². The third-order valence-corrected chi connectivity index (χ3v) is 6.00. The monoisotopic (exact) mass is 438 g/mol. The summed E-state index contributed by atoms with van der Waals surface area (Å²) in [5.41, 5.74) is 15.0. The van der Waals surface area contributed by atoms with E-state index < -0.39 is 0 Å². The molecule has 2 aromatic heterocycles. The van der Waals surface area contributed by atoms with E-state index in [1.54, 1.807) is 11.3 Å². The van der Waals surface area contributed by atoms with Gasteiger partial charge < -0.3 is 21.8 Å². The summed E-state index contributed by atoms with van der Waals surface area (Å²) in [4.78, 5) is 12.3. The summed E-state index contributed by atoms with van der Waals surface area (Å²) in [6, 6.07) is 9.91. The summed E-state index contributed by atoms with van der Waals surface area (Å²) in [6.45, 7) is 8.52. The lowest BCUT2D eigenvalue weighted by Crippen LogP contribution is -2.26.